The molecule has 1 aliphatic heterocycles. The summed E-state index contributed by atoms with van der Waals surface area (Å²) >= 11 is 12.2. The fourth-order valence-corrected chi connectivity index (χ4v) is 4.99. The molecule has 1 heterocycles. The van der Waals surface area contributed by atoms with Crippen LogP contribution in [0.1, 0.15) is 69.2 Å². The molecule has 9 nitrogen and oxygen atoms in total. The van der Waals surface area contributed by atoms with Crippen LogP contribution in [0.4, 0.5) is 0 Å². The van der Waals surface area contributed by atoms with Gasteiger partial charge in [-0.25, -0.2) is 0 Å². The van der Waals surface area contributed by atoms with Gasteiger partial charge in [0.2, 0.25) is 23.6 Å². The molecule has 1 saturated heterocycles. The highest BCUT2D eigenvalue weighted by Gasteiger charge is 2.30. The Balaban J connectivity index is 1.94. The Hall–Kier alpha value is -3.14. The van der Waals surface area contributed by atoms with Gasteiger partial charge in [0.1, 0.15) is 0 Å². The van der Waals surface area contributed by atoms with Crippen LogP contribution in [0.3, 0.4) is 0 Å². The molecule has 41 heavy (non-hydrogen) atoms. The summed E-state index contributed by atoms with van der Waals surface area (Å²) in [5.41, 5.74) is 0.801. The van der Waals surface area contributed by atoms with Crippen molar-refractivity contribution in [1.29, 1.82) is 0 Å². The summed E-state index contributed by atoms with van der Waals surface area (Å²) in [6, 6.07) is 12.3. The number of carbonyl (C=O) groups is 4. The van der Waals surface area contributed by atoms with Crippen molar-refractivity contribution in [3.63, 3.8) is 0 Å². The SMILES string of the molecule is CO[C@@]1(C)CCC[C@@H](C)C(=O)NCC(=O)NC(c2ccc(Cl)cc2)C(c2ccc(Cl)cc2)NC(=O)CNC(=O)CC1. The number of carbonyl (C=O) groups excluding carboxylic acids is 4. The second kappa shape index (κ2) is 15.2. The van der Waals surface area contributed by atoms with Crippen molar-refractivity contribution in [3.05, 3.63) is 69.7 Å². The average Bonchev–Trinajstić information content (AvgIpc) is 2.96. The van der Waals surface area contributed by atoms with Crippen LogP contribution in [0.15, 0.2) is 48.5 Å². The summed E-state index contributed by atoms with van der Waals surface area (Å²) in [5.74, 6) is -1.71. The molecule has 1 aliphatic rings. The number of benzene rings is 2. The largest absolute Gasteiger partial charge is 0.379 e. The molecule has 0 aromatic heterocycles. The molecule has 1 fully saturated rings. The summed E-state index contributed by atoms with van der Waals surface area (Å²) < 4.78 is 5.68. The van der Waals surface area contributed by atoms with Crippen LogP contribution < -0.4 is 21.3 Å². The molecule has 0 bridgehead atoms. The summed E-state index contributed by atoms with van der Waals surface area (Å²) in [7, 11) is 1.60. The van der Waals surface area contributed by atoms with Gasteiger partial charge >= 0.3 is 0 Å². The highest BCUT2D eigenvalue weighted by atomic mass is 35.5. The lowest BCUT2D eigenvalue weighted by molar-refractivity contribution is -0.129. The number of amides is 4. The van der Waals surface area contributed by atoms with E-state index in [1.807, 2.05) is 13.8 Å². The minimum atomic E-state index is -0.740. The van der Waals surface area contributed by atoms with Crippen LogP contribution in [-0.4, -0.2) is 49.4 Å². The Morgan fingerprint density at radius 2 is 1.24 bits per heavy atom. The van der Waals surface area contributed by atoms with Crippen LogP contribution in [0.2, 0.25) is 10.0 Å². The average molecular weight is 606 g/mol. The molecule has 11 heteroatoms. The van der Waals surface area contributed by atoms with Gasteiger partial charge in [0, 0.05) is 29.5 Å². The third-order valence-electron chi connectivity index (χ3n) is 7.46. The van der Waals surface area contributed by atoms with E-state index in [1.165, 1.54) is 0 Å². The van der Waals surface area contributed by atoms with Crippen LogP contribution in [0.25, 0.3) is 0 Å². The summed E-state index contributed by atoms with van der Waals surface area (Å²) in [6.45, 7) is 3.26. The molecule has 2 unspecified atom stereocenters. The zero-order valence-electron chi connectivity index (χ0n) is 23.6. The van der Waals surface area contributed by atoms with E-state index in [2.05, 4.69) is 21.3 Å². The molecule has 4 atom stereocenters. The molecule has 3 rings (SSSR count). The topological polar surface area (TPSA) is 126 Å². The lowest BCUT2D eigenvalue weighted by Gasteiger charge is -2.30. The third-order valence-corrected chi connectivity index (χ3v) is 7.96. The maximum Gasteiger partial charge on any atom is 0.239 e. The minimum absolute atomic E-state index is 0.178. The Kier molecular flexibility index (Phi) is 12.0. The van der Waals surface area contributed by atoms with E-state index < -0.39 is 29.5 Å². The zero-order chi connectivity index (χ0) is 30.0. The molecule has 0 spiro atoms. The van der Waals surface area contributed by atoms with Gasteiger partial charge in [-0.2, -0.15) is 0 Å². The number of halogens is 2. The highest BCUT2D eigenvalue weighted by molar-refractivity contribution is 6.30. The van der Waals surface area contributed by atoms with Crippen molar-refractivity contribution in [2.75, 3.05) is 20.2 Å². The van der Waals surface area contributed by atoms with Gasteiger partial charge in [0.15, 0.2) is 0 Å². The number of ether oxygens (including phenoxy) is 1. The second-order valence-electron chi connectivity index (χ2n) is 10.6. The number of hydrogen-bond donors (Lipinski definition) is 4. The fourth-order valence-electron chi connectivity index (χ4n) is 4.74. The van der Waals surface area contributed by atoms with E-state index in [9.17, 15) is 19.2 Å². The lowest BCUT2D eigenvalue weighted by atomic mass is 9.91. The number of nitrogens with one attached hydrogen (secondary N) is 4. The summed E-state index contributed by atoms with van der Waals surface area (Å²) in [6.07, 6.45) is 2.60. The Bertz CT molecular complexity index is 1210. The van der Waals surface area contributed by atoms with E-state index in [4.69, 9.17) is 27.9 Å². The molecular weight excluding hydrogens is 567 g/mol. The maximum atomic E-state index is 13.1. The van der Waals surface area contributed by atoms with E-state index in [1.54, 1.807) is 55.6 Å². The van der Waals surface area contributed by atoms with Crippen molar-refractivity contribution >= 4 is 46.8 Å². The molecule has 4 amide bonds. The molecule has 0 radical (unpaired) electrons. The Morgan fingerprint density at radius 3 is 1.73 bits per heavy atom. The first-order chi connectivity index (χ1) is 19.5. The van der Waals surface area contributed by atoms with Crippen LogP contribution in [0, 0.1) is 5.92 Å². The van der Waals surface area contributed by atoms with Gasteiger partial charge in [0.25, 0.3) is 0 Å². The van der Waals surface area contributed by atoms with Gasteiger partial charge < -0.3 is 26.0 Å². The molecular formula is C30H38Cl2N4O5. The summed E-state index contributed by atoms with van der Waals surface area (Å²) in [5, 5.41) is 12.4. The Morgan fingerprint density at radius 1 is 0.756 bits per heavy atom. The van der Waals surface area contributed by atoms with E-state index in [0.717, 1.165) is 0 Å². The van der Waals surface area contributed by atoms with Crippen molar-refractivity contribution in [2.45, 2.75) is 63.6 Å². The predicted octanol–water partition coefficient (Wildman–Crippen LogP) is 4.25. The molecule has 222 valence electrons. The monoisotopic (exact) mass is 604 g/mol. The van der Waals surface area contributed by atoms with Gasteiger partial charge in [-0.3, -0.25) is 19.2 Å². The quantitative estimate of drug-likeness (QED) is 0.417. The van der Waals surface area contributed by atoms with Gasteiger partial charge in [-0.05, 0) is 68.0 Å². The molecule has 0 saturated carbocycles. The maximum absolute atomic E-state index is 13.1. The van der Waals surface area contributed by atoms with E-state index >= 15 is 0 Å². The van der Waals surface area contributed by atoms with E-state index in [-0.39, 0.29) is 37.2 Å². The van der Waals surface area contributed by atoms with Crippen LogP contribution in [-0.2, 0) is 23.9 Å². The smallest absolute Gasteiger partial charge is 0.239 e. The lowest BCUT2D eigenvalue weighted by Crippen LogP contribution is -2.46. The van der Waals surface area contributed by atoms with Crippen molar-refractivity contribution < 1.29 is 23.9 Å². The van der Waals surface area contributed by atoms with Gasteiger partial charge in [0.05, 0.1) is 30.8 Å². The van der Waals surface area contributed by atoms with Crippen LogP contribution in [0.5, 0.6) is 0 Å². The molecule has 4 N–H and O–H groups in total. The third kappa shape index (κ3) is 10.0. The molecule has 2 aromatic rings. The van der Waals surface area contributed by atoms with Crippen molar-refractivity contribution in [1.82, 2.24) is 21.3 Å². The van der Waals surface area contributed by atoms with Crippen LogP contribution >= 0.6 is 23.2 Å². The normalized spacial score (nSPS) is 25.9. The zero-order valence-corrected chi connectivity index (χ0v) is 25.1. The number of methoxy groups -OCH3 is 1. The molecule has 2 aromatic carbocycles. The highest BCUT2D eigenvalue weighted by Crippen LogP contribution is 2.31. The van der Waals surface area contributed by atoms with Gasteiger partial charge in [-0.15, -0.1) is 0 Å². The minimum Gasteiger partial charge on any atom is -0.379 e. The van der Waals surface area contributed by atoms with Crippen molar-refractivity contribution in [3.8, 4) is 0 Å². The number of rotatable bonds is 3. The first kappa shape index (κ1) is 32.4. The summed E-state index contributed by atoms with van der Waals surface area (Å²) in [4.78, 5) is 51.7. The first-order valence-electron chi connectivity index (χ1n) is 13.7. The Labute approximate surface area is 251 Å². The van der Waals surface area contributed by atoms with Crippen molar-refractivity contribution in [2.24, 2.45) is 5.92 Å². The number of hydrogen-bond acceptors (Lipinski definition) is 5. The predicted molar refractivity (Wildman–Crippen MR) is 158 cm³/mol. The second-order valence-corrected chi connectivity index (χ2v) is 11.5. The first-order valence-corrected chi connectivity index (χ1v) is 14.4. The standard InChI is InChI=1S/C30H38Cl2N4O5/c1-19-5-4-15-30(2,41-3)16-14-24(37)33-17-25(38)35-27(20-6-10-22(31)11-7-20)28(21-8-12-23(32)13-9-21)36-26(39)18-34-29(19)40/h6-13,19,27-28H,4-5,14-18H2,1-3H3,(H,33,37)(H,34,40)(H,35,38)(H,36,39)/t19-,27?,28?,30+/m1/s1. The van der Waals surface area contributed by atoms with Gasteiger partial charge in [-0.1, -0.05) is 54.4 Å². The molecule has 0 aliphatic carbocycles. The van der Waals surface area contributed by atoms with E-state index in [0.29, 0.717) is 46.9 Å². The fraction of sp³-hybridized carbons (Fsp3) is 0.467.